The van der Waals surface area contributed by atoms with Gasteiger partial charge in [0.05, 0.1) is 4.92 Å². The number of halogens is 1. The summed E-state index contributed by atoms with van der Waals surface area (Å²) in [5.41, 5.74) is 6.05. The lowest BCUT2D eigenvalue weighted by molar-refractivity contribution is -0.385. The molecule has 1 rings (SSSR count). The number of nitro groups is 1. The zero-order valence-corrected chi connectivity index (χ0v) is 9.86. The lowest BCUT2D eigenvalue weighted by Crippen LogP contribution is -2.12. The molecule has 0 amide bonds. The second-order valence-electron chi connectivity index (χ2n) is 4.06. The van der Waals surface area contributed by atoms with Crippen molar-refractivity contribution in [2.75, 3.05) is 0 Å². The third kappa shape index (κ3) is 3.78. The molecule has 1 aromatic carbocycles. The van der Waals surface area contributed by atoms with Crippen LogP contribution in [0.15, 0.2) is 18.2 Å². The van der Waals surface area contributed by atoms with E-state index < -0.39 is 16.8 Å². The van der Waals surface area contributed by atoms with Gasteiger partial charge in [-0.3, -0.25) is 10.1 Å². The topological polar surface area (TPSA) is 69.2 Å². The quantitative estimate of drug-likeness (QED) is 0.471. The van der Waals surface area contributed by atoms with Crippen molar-refractivity contribution in [3.63, 3.8) is 0 Å². The van der Waals surface area contributed by atoms with E-state index in [9.17, 15) is 14.5 Å². The first-order valence-electron chi connectivity index (χ1n) is 5.75. The van der Waals surface area contributed by atoms with Gasteiger partial charge in [0.25, 0.3) is 5.69 Å². The Bertz CT molecular complexity index is 396. The molecule has 0 saturated heterocycles. The van der Waals surface area contributed by atoms with E-state index >= 15 is 0 Å². The maximum Gasteiger partial charge on any atom is 0.274 e. The van der Waals surface area contributed by atoms with Gasteiger partial charge in [-0.1, -0.05) is 26.2 Å². The predicted octanol–water partition coefficient (Wildman–Crippen LogP) is 3.31. The van der Waals surface area contributed by atoms with Gasteiger partial charge in [0, 0.05) is 17.7 Å². The molecule has 0 heterocycles. The van der Waals surface area contributed by atoms with Crippen molar-refractivity contribution in [3.05, 3.63) is 39.7 Å². The van der Waals surface area contributed by atoms with E-state index in [0.29, 0.717) is 6.42 Å². The molecule has 1 atom stereocenters. The predicted molar refractivity (Wildman–Crippen MR) is 64.1 cm³/mol. The highest BCUT2D eigenvalue weighted by Gasteiger charge is 2.19. The second kappa shape index (κ2) is 6.30. The molecule has 0 unspecified atom stereocenters. The normalized spacial score (nSPS) is 12.4. The van der Waals surface area contributed by atoms with Crippen molar-refractivity contribution in [2.24, 2.45) is 5.73 Å². The summed E-state index contributed by atoms with van der Waals surface area (Å²) in [6.07, 6.45) is 3.61. The summed E-state index contributed by atoms with van der Waals surface area (Å²) in [6.45, 7) is 2.07. The third-order valence-electron chi connectivity index (χ3n) is 2.70. The molecule has 0 aliphatic rings. The van der Waals surface area contributed by atoms with Crippen molar-refractivity contribution in [3.8, 4) is 0 Å². The smallest absolute Gasteiger partial charge is 0.274 e. The SMILES string of the molecule is CCCCC[C@@H](N)c1cc(F)ccc1[N+](=O)[O-]. The van der Waals surface area contributed by atoms with Crippen LogP contribution in [0.2, 0.25) is 0 Å². The lowest BCUT2D eigenvalue weighted by atomic mass is 9.99. The van der Waals surface area contributed by atoms with Gasteiger partial charge in [-0.2, -0.15) is 0 Å². The molecule has 17 heavy (non-hydrogen) atoms. The monoisotopic (exact) mass is 240 g/mol. The minimum atomic E-state index is -0.519. The first kappa shape index (κ1) is 13.6. The lowest BCUT2D eigenvalue weighted by Gasteiger charge is -2.12. The van der Waals surface area contributed by atoms with E-state index in [4.69, 9.17) is 5.73 Å². The Balaban J connectivity index is 2.86. The zero-order chi connectivity index (χ0) is 12.8. The molecule has 94 valence electrons. The maximum absolute atomic E-state index is 13.1. The molecule has 5 heteroatoms. The second-order valence-corrected chi connectivity index (χ2v) is 4.06. The maximum atomic E-state index is 13.1. The van der Waals surface area contributed by atoms with Gasteiger partial charge in [-0.15, -0.1) is 0 Å². The van der Waals surface area contributed by atoms with Crippen molar-refractivity contribution in [2.45, 2.75) is 38.6 Å². The minimum Gasteiger partial charge on any atom is -0.324 e. The Kier molecular flexibility index (Phi) is 5.03. The van der Waals surface area contributed by atoms with E-state index in [1.165, 1.54) is 6.07 Å². The standard InChI is InChI=1S/C12H17FN2O2/c1-2-3-4-5-11(14)10-8-9(13)6-7-12(10)15(16)17/h6-8,11H,2-5,14H2,1H3/t11-/m1/s1. The number of nitrogens with two attached hydrogens (primary N) is 1. The Hall–Kier alpha value is -1.49. The molecule has 0 aromatic heterocycles. The summed E-state index contributed by atoms with van der Waals surface area (Å²) in [5, 5.41) is 10.8. The van der Waals surface area contributed by atoms with E-state index in [2.05, 4.69) is 6.92 Å². The molecular weight excluding hydrogens is 223 g/mol. The van der Waals surface area contributed by atoms with Crippen molar-refractivity contribution in [1.29, 1.82) is 0 Å². The van der Waals surface area contributed by atoms with Gasteiger partial charge in [0.2, 0.25) is 0 Å². The van der Waals surface area contributed by atoms with Crippen LogP contribution in [-0.2, 0) is 0 Å². The van der Waals surface area contributed by atoms with Crippen LogP contribution in [0, 0.1) is 15.9 Å². The summed E-state index contributed by atoms with van der Waals surface area (Å²) < 4.78 is 13.1. The summed E-state index contributed by atoms with van der Waals surface area (Å²) in [4.78, 5) is 10.3. The van der Waals surface area contributed by atoms with E-state index in [1.807, 2.05) is 0 Å². The van der Waals surface area contributed by atoms with Crippen LogP contribution in [-0.4, -0.2) is 4.92 Å². The van der Waals surface area contributed by atoms with Gasteiger partial charge in [-0.05, 0) is 18.6 Å². The van der Waals surface area contributed by atoms with Crippen molar-refractivity contribution < 1.29 is 9.31 Å². The van der Waals surface area contributed by atoms with Crippen molar-refractivity contribution in [1.82, 2.24) is 0 Å². The molecule has 0 spiro atoms. The molecule has 0 aliphatic heterocycles. The van der Waals surface area contributed by atoms with Crippen molar-refractivity contribution >= 4 is 5.69 Å². The molecule has 0 saturated carbocycles. The van der Waals surface area contributed by atoms with Gasteiger partial charge in [0.1, 0.15) is 5.82 Å². The first-order valence-corrected chi connectivity index (χ1v) is 5.75. The van der Waals surface area contributed by atoms with Crippen LogP contribution >= 0.6 is 0 Å². The number of benzene rings is 1. The number of hydrogen-bond acceptors (Lipinski definition) is 3. The van der Waals surface area contributed by atoms with Gasteiger partial charge < -0.3 is 5.73 Å². The third-order valence-corrected chi connectivity index (χ3v) is 2.70. The molecule has 0 aliphatic carbocycles. The Labute approximate surface area is 99.8 Å². The fraction of sp³-hybridized carbons (Fsp3) is 0.500. The summed E-state index contributed by atoms with van der Waals surface area (Å²) in [7, 11) is 0. The number of rotatable bonds is 6. The van der Waals surface area contributed by atoms with Gasteiger partial charge in [-0.25, -0.2) is 4.39 Å². The fourth-order valence-corrected chi connectivity index (χ4v) is 1.76. The van der Waals surface area contributed by atoms with E-state index in [-0.39, 0.29) is 11.3 Å². The van der Waals surface area contributed by atoms with Crippen LogP contribution in [0.25, 0.3) is 0 Å². The number of nitro benzene ring substituents is 1. The van der Waals surface area contributed by atoms with Gasteiger partial charge in [0.15, 0.2) is 0 Å². The zero-order valence-electron chi connectivity index (χ0n) is 9.86. The molecular formula is C12H17FN2O2. The van der Waals surface area contributed by atoms with Crippen LogP contribution in [0.4, 0.5) is 10.1 Å². The number of unbranched alkanes of at least 4 members (excludes halogenated alkanes) is 2. The van der Waals surface area contributed by atoms with Gasteiger partial charge >= 0.3 is 0 Å². The fourth-order valence-electron chi connectivity index (χ4n) is 1.76. The first-order chi connectivity index (χ1) is 8.06. The summed E-state index contributed by atoms with van der Waals surface area (Å²) in [5.74, 6) is -0.489. The Morgan fingerprint density at radius 1 is 1.47 bits per heavy atom. The molecule has 4 nitrogen and oxygen atoms in total. The largest absolute Gasteiger partial charge is 0.324 e. The van der Waals surface area contributed by atoms with Crippen LogP contribution in [0.3, 0.4) is 0 Å². The highest BCUT2D eigenvalue weighted by molar-refractivity contribution is 5.42. The van der Waals surface area contributed by atoms with E-state index in [0.717, 1.165) is 31.4 Å². The van der Waals surface area contributed by atoms with Crippen LogP contribution < -0.4 is 5.73 Å². The minimum absolute atomic E-state index is 0.101. The Morgan fingerprint density at radius 3 is 2.76 bits per heavy atom. The number of hydrogen-bond donors (Lipinski definition) is 1. The van der Waals surface area contributed by atoms with Crippen LogP contribution in [0.5, 0.6) is 0 Å². The number of nitrogens with zero attached hydrogens (tertiary/aromatic N) is 1. The highest BCUT2D eigenvalue weighted by Crippen LogP contribution is 2.27. The van der Waals surface area contributed by atoms with Crippen LogP contribution in [0.1, 0.15) is 44.2 Å². The molecule has 0 fully saturated rings. The summed E-state index contributed by atoms with van der Waals surface area (Å²) in [6, 6.07) is 2.94. The van der Waals surface area contributed by atoms with E-state index in [1.54, 1.807) is 0 Å². The molecule has 2 N–H and O–H groups in total. The molecule has 0 bridgehead atoms. The highest BCUT2D eigenvalue weighted by atomic mass is 19.1. The summed E-state index contributed by atoms with van der Waals surface area (Å²) >= 11 is 0. The average Bonchev–Trinajstić information content (AvgIpc) is 2.28. The Morgan fingerprint density at radius 2 is 2.18 bits per heavy atom. The molecule has 1 aromatic rings. The average molecular weight is 240 g/mol. The molecule has 0 radical (unpaired) electrons.